The molecular formula is C29H32FN4OSi. The maximum Gasteiger partial charge on any atom is 0.272 e. The third-order valence-corrected chi connectivity index (χ3v) is 8.39. The second-order valence-corrected chi connectivity index (χ2v) is 12.6. The van der Waals surface area contributed by atoms with Gasteiger partial charge in [-0.3, -0.25) is 4.79 Å². The van der Waals surface area contributed by atoms with Gasteiger partial charge in [-0.2, -0.15) is 0 Å². The van der Waals surface area contributed by atoms with Crippen molar-refractivity contribution in [3.63, 3.8) is 0 Å². The molecule has 1 fully saturated rings. The topological polar surface area (TPSA) is 50.2 Å². The van der Waals surface area contributed by atoms with E-state index in [4.69, 9.17) is 0 Å². The summed E-state index contributed by atoms with van der Waals surface area (Å²) < 4.78 is 16.1. The van der Waals surface area contributed by atoms with E-state index in [1.54, 1.807) is 12.3 Å². The van der Waals surface area contributed by atoms with Crippen LogP contribution in [0.5, 0.6) is 0 Å². The van der Waals surface area contributed by atoms with E-state index in [2.05, 4.69) is 64.9 Å². The number of hydrogen-bond donors (Lipinski definition) is 1. The van der Waals surface area contributed by atoms with Gasteiger partial charge in [-0.05, 0) is 70.4 Å². The molecule has 0 aliphatic carbocycles. The van der Waals surface area contributed by atoms with Crippen LogP contribution in [0.1, 0.15) is 47.8 Å². The van der Waals surface area contributed by atoms with Gasteiger partial charge < -0.3 is 14.8 Å². The lowest BCUT2D eigenvalue weighted by Crippen LogP contribution is -2.37. The summed E-state index contributed by atoms with van der Waals surface area (Å²) in [5, 5.41) is 5.32. The molecule has 1 radical (unpaired) electrons. The molecule has 5 nitrogen and oxygen atoms in total. The summed E-state index contributed by atoms with van der Waals surface area (Å²) in [6.07, 6.45) is 2.92. The molecule has 3 heterocycles. The molecule has 0 spiro atoms. The molecule has 0 saturated carbocycles. The zero-order chi connectivity index (χ0) is 25.4. The van der Waals surface area contributed by atoms with Gasteiger partial charge in [0.05, 0.1) is 20.7 Å². The molecule has 0 atom stereocenters. The first-order valence-electron chi connectivity index (χ1n) is 12.6. The monoisotopic (exact) mass is 499 g/mol. The van der Waals surface area contributed by atoms with Crippen LogP contribution < -0.4 is 15.4 Å². The number of hydrogen-bond acceptors (Lipinski definition) is 3. The van der Waals surface area contributed by atoms with Gasteiger partial charge in [0.25, 0.3) is 5.91 Å². The normalized spacial score (nSPS) is 13.5. The molecule has 2 aromatic heterocycles. The van der Waals surface area contributed by atoms with E-state index in [-0.39, 0.29) is 11.7 Å². The van der Waals surface area contributed by atoms with Crippen molar-refractivity contribution in [2.75, 3.05) is 23.3 Å². The van der Waals surface area contributed by atoms with E-state index < -0.39 is 8.80 Å². The van der Waals surface area contributed by atoms with Gasteiger partial charge >= 0.3 is 0 Å². The van der Waals surface area contributed by atoms with Gasteiger partial charge in [0.15, 0.2) is 0 Å². The SMILES string of the molecule is CC(C)c1ccc2c(c1)c([Si](C)C)c(C(=O)Nc1ccc(N3CCC3)nc1)n2Cc1cccc(F)c1. The summed E-state index contributed by atoms with van der Waals surface area (Å²) in [5.74, 6) is 0.884. The highest BCUT2D eigenvalue weighted by molar-refractivity contribution is 6.74. The minimum atomic E-state index is -1.01. The molecule has 1 aliphatic heterocycles. The molecule has 1 saturated heterocycles. The number of pyridine rings is 1. The van der Waals surface area contributed by atoms with Crippen LogP contribution in [-0.2, 0) is 6.54 Å². The van der Waals surface area contributed by atoms with Crippen LogP contribution in [0.2, 0.25) is 13.1 Å². The third-order valence-electron chi connectivity index (χ3n) is 6.88. The summed E-state index contributed by atoms with van der Waals surface area (Å²) in [5.41, 5.74) is 4.39. The Kier molecular flexibility index (Phi) is 6.66. The van der Waals surface area contributed by atoms with Crippen molar-refractivity contribution in [3.8, 4) is 0 Å². The Morgan fingerprint density at radius 1 is 1.11 bits per heavy atom. The van der Waals surface area contributed by atoms with Crippen LogP contribution in [0.3, 0.4) is 0 Å². The van der Waals surface area contributed by atoms with E-state index in [0.29, 0.717) is 23.8 Å². The first-order valence-corrected chi connectivity index (χ1v) is 15.1. The molecule has 2 aromatic carbocycles. The quantitative estimate of drug-likeness (QED) is 0.329. The fourth-order valence-corrected chi connectivity index (χ4v) is 6.30. The highest BCUT2D eigenvalue weighted by atomic mass is 28.3. The van der Waals surface area contributed by atoms with Crippen LogP contribution in [-0.4, -0.2) is 37.3 Å². The standard InChI is InChI=1S/C29H32FN4OSi/c1-19(2)21-9-11-25-24(16-21)28(36(3)4)27(34(25)18-20-7-5-8-22(30)15-20)29(35)32-23-10-12-26(31-17-23)33-13-6-14-33/h5,7-12,15-17,19H,6,13-14,18H2,1-4H3,(H,32,35). The number of rotatable bonds is 7. The maximum atomic E-state index is 14.0. The van der Waals surface area contributed by atoms with E-state index >= 15 is 0 Å². The predicted octanol–water partition coefficient (Wildman–Crippen LogP) is 5.77. The van der Waals surface area contributed by atoms with E-state index in [0.717, 1.165) is 40.6 Å². The summed E-state index contributed by atoms with van der Waals surface area (Å²) in [4.78, 5) is 20.6. The van der Waals surface area contributed by atoms with Crippen LogP contribution in [0.15, 0.2) is 60.8 Å². The van der Waals surface area contributed by atoms with Crippen LogP contribution >= 0.6 is 0 Å². The van der Waals surface area contributed by atoms with Crippen molar-refractivity contribution >= 4 is 42.3 Å². The molecule has 4 aromatic rings. The molecule has 1 amide bonds. The van der Waals surface area contributed by atoms with Crippen molar-refractivity contribution in [2.45, 2.75) is 45.8 Å². The average Bonchev–Trinajstić information content (AvgIpc) is 3.13. The molecule has 36 heavy (non-hydrogen) atoms. The number of benzene rings is 2. The molecular weight excluding hydrogens is 467 g/mol. The number of aromatic nitrogens is 2. The molecule has 5 rings (SSSR count). The van der Waals surface area contributed by atoms with Crippen LogP contribution in [0, 0.1) is 5.82 Å². The summed E-state index contributed by atoms with van der Waals surface area (Å²) in [6, 6.07) is 17.0. The van der Waals surface area contributed by atoms with Gasteiger partial charge in [0, 0.05) is 25.2 Å². The highest BCUT2D eigenvalue weighted by Crippen LogP contribution is 2.27. The van der Waals surface area contributed by atoms with Crippen molar-refractivity contribution in [1.82, 2.24) is 9.55 Å². The smallest absolute Gasteiger partial charge is 0.272 e. The Labute approximate surface area is 213 Å². The number of amides is 1. The van der Waals surface area contributed by atoms with Crippen molar-refractivity contribution in [1.29, 1.82) is 0 Å². The van der Waals surface area contributed by atoms with Gasteiger partial charge in [-0.15, -0.1) is 0 Å². The first-order chi connectivity index (χ1) is 17.3. The zero-order valence-corrected chi connectivity index (χ0v) is 22.3. The number of fused-ring (bicyclic) bond motifs is 1. The lowest BCUT2D eigenvalue weighted by atomic mass is 10.0. The molecule has 0 bridgehead atoms. The lowest BCUT2D eigenvalue weighted by molar-refractivity contribution is 0.102. The lowest BCUT2D eigenvalue weighted by Gasteiger charge is -2.31. The third kappa shape index (κ3) is 4.67. The van der Waals surface area contributed by atoms with E-state index in [1.165, 1.54) is 24.1 Å². The number of halogens is 1. The molecule has 0 unspecified atom stereocenters. The van der Waals surface area contributed by atoms with Gasteiger partial charge in [-0.25, -0.2) is 9.37 Å². The number of carbonyl (C=O) groups is 1. The minimum absolute atomic E-state index is 0.159. The summed E-state index contributed by atoms with van der Waals surface area (Å²) in [7, 11) is -1.01. The minimum Gasteiger partial charge on any atom is -0.356 e. The zero-order valence-electron chi connectivity index (χ0n) is 21.3. The Balaban J connectivity index is 1.59. The van der Waals surface area contributed by atoms with Gasteiger partial charge in [0.1, 0.15) is 17.3 Å². The molecule has 185 valence electrons. The Hall–Kier alpha value is -3.45. The fourth-order valence-electron chi connectivity index (χ4n) is 4.84. The second kappa shape index (κ2) is 9.89. The maximum absolute atomic E-state index is 14.0. The van der Waals surface area contributed by atoms with Crippen molar-refractivity contribution < 1.29 is 9.18 Å². The Morgan fingerprint density at radius 2 is 1.92 bits per heavy atom. The van der Waals surface area contributed by atoms with E-state index in [9.17, 15) is 9.18 Å². The number of nitrogens with one attached hydrogen (secondary N) is 1. The Bertz CT molecular complexity index is 1410. The average molecular weight is 500 g/mol. The van der Waals surface area contributed by atoms with Gasteiger partial charge in [0.2, 0.25) is 0 Å². The molecule has 7 heteroatoms. The van der Waals surface area contributed by atoms with Crippen molar-refractivity contribution in [2.24, 2.45) is 0 Å². The van der Waals surface area contributed by atoms with E-state index in [1.807, 2.05) is 18.2 Å². The largest absolute Gasteiger partial charge is 0.356 e. The highest BCUT2D eigenvalue weighted by Gasteiger charge is 2.26. The fraction of sp³-hybridized carbons (Fsp3) is 0.310. The first kappa shape index (κ1) is 24.3. The number of nitrogens with zero attached hydrogens (tertiary/aromatic N) is 3. The number of anilines is 2. The number of carbonyl (C=O) groups excluding carboxylic acids is 1. The van der Waals surface area contributed by atoms with Crippen LogP contribution in [0.25, 0.3) is 10.9 Å². The second-order valence-electron chi connectivity index (χ2n) is 10.1. The van der Waals surface area contributed by atoms with Gasteiger partial charge in [-0.1, -0.05) is 45.1 Å². The van der Waals surface area contributed by atoms with Crippen molar-refractivity contribution in [3.05, 3.63) is 83.4 Å². The summed E-state index contributed by atoms with van der Waals surface area (Å²) >= 11 is 0. The van der Waals surface area contributed by atoms with Crippen LogP contribution in [0.4, 0.5) is 15.9 Å². The summed E-state index contributed by atoms with van der Waals surface area (Å²) in [6.45, 7) is 11.3. The molecule has 1 N–H and O–H groups in total. The Morgan fingerprint density at radius 3 is 2.53 bits per heavy atom. The molecule has 1 aliphatic rings. The predicted molar refractivity (Wildman–Crippen MR) is 148 cm³/mol.